The predicted molar refractivity (Wildman–Crippen MR) is 67.0 cm³/mol. The van der Waals surface area contributed by atoms with Crippen molar-refractivity contribution in [3.63, 3.8) is 0 Å². The van der Waals surface area contributed by atoms with Gasteiger partial charge >= 0.3 is 0 Å². The minimum Gasteiger partial charge on any atom is -0.392 e. The van der Waals surface area contributed by atoms with Gasteiger partial charge in [0.2, 0.25) is 5.91 Å². The highest BCUT2D eigenvalue weighted by Crippen LogP contribution is 2.31. The van der Waals surface area contributed by atoms with E-state index in [2.05, 4.69) is 10.6 Å². The van der Waals surface area contributed by atoms with Crippen LogP contribution in [0.2, 0.25) is 0 Å². The molecule has 1 aromatic rings. The number of benzene rings is 1. The first-order valence-corrected chi connectivity index (χ1v) is 5.97. The first-order chi connectivity index (χ1) is 8.18. The van der Waals surface area contributed by atoms with Crippen molar-refractivity contribution in [1.82, 2.24) is 5.32 Å². The van der Waals surface area contributed by atoms with Crippen LogP contribution in [0.5, 0.6) is 0 Å². The van der Waals surface area contributed by atoms with E-state index in [9.17, 15) is 4.79 Å². The van der Waals surface area contributed by atoms with Crippen molar-refractivity contribution in [2.75, 3.05) is 18.4 Å². The standard InChI is InChI=1S/C13H18N2O2/c1-9(16)8-15-13(17)11-6-7-14-12-5-3-2-4-10(11)12/h2-5,9,11,14,16H,6-8H2,1H3,(H,15,17). The number of fused-ring (bicyclic) bond motifs is 1. The maximum Gasteiger partial charge on any atom is 0.227 e. The Bertz CT molecular complexity index is 404. The molecule has 4 nitrogen and oxygen atoms in total. The first-order valence-electron chi connectivity index (χ1n) is 5.97. The van der Waals surface area contributed by atoms with Gasteiger partial charge in [-0.3, -0.25) is 4.79 Å². The zero-order valence-electron chi connectivity index (χ0n) is 9.94. The van der Waals surface area contributed by atoms with Crippen LogP contribution in [0.1, 0.15) is 24.8 Å². The minimum atomic E-state index is -0.504. The Balaban J connectivity index is 2.10. The lowest BCUT2D eigenvalue weighted by Crippen LogP contribution is -2.36. The Labute approximate surface area is 101 Å². The van der Waals surface area contributed by atoms with Gasteiger partial charge in [0.1, 0.15) is 0 Å². The van der Waals surface area contributed by atoms with Crippen LogP contribution in [-0.4, -0.2) is 30.2 Å². The summed E-state index contributed by atoms with van der Waals surface area (Å²) in [4.78, 5) is 12.0. The highest BCUT2D eigenvalue weighted by atomic mass is 16.3. The highest BCUT2D eigenvalue weighted by Gasteiger charge is 2.25. The topological polar surface area (TPSA) is 61.4 Å². The molecular formula is C13H18N2O2. The molecule has 1 aliphatic rings. The van der Waals surface area contributed by atoms with Crippen molar-refractivity contribution < 1.29 is 9.90 Å². The molecule has 17 heavy (non-hydrogen) atoms. The summed E-state index contributed by atoms with van der Waals surface area (Å²) >= 11 is 0. The van der Waals surface area contributed by atoms with E-state index in [-0.39, 0.29) is 11.8 Å². The Hall–Kier alpha value is -1.55. The number of nitrogens with one attached hydrogen (secondary N) is 2. The van der Waals surface area contributed by atoms with E-state index >= 15 is 0 Å². The van der Waals surface area contributed by atoms with E-state index in [1.807, 2.05) is 24.3 Å². The Morgan fingerprint density at radius 1 is 1.59 bits per heavy atom. The molecule has 0 saturated carbocycles. The second kappa shape index (κ2) is 5.19. The van der Waals surface area contributed by atoms with Gasteiger partial charge in [-0.1, -0.05) is 18.2 Å². The van der Waals surface area contributed by atoms with Crippen LogP contribution >= 0.6 is 0 Å². The van der Waals surface area contributed by atoms with Crippen LogP contribution in [-0.2, 0) is 4.79 Å². The molecule has 1 aliphatic heterocycles. The highest BCUT2D eigenvalue weighted by molar-refractivity contribution is 5.86. The van der Waals surface area contributed by atoms with Crippen LogP contribution < -0.4 is 10.6 Å². The van der Waals surface area contributed by atoms with Crippen molar-refractivity contribution in [2.24, 2.45) is 0 Å². The van der Waals surface area contributed by atoms with Crippen molar-refractivity contribution in [3.05, 3.63) is 29.8 Å². The third kappa shape index (κ3) is 2.77. The van der Waals surface area contributed by atoms with Gasteiger partial charge in [-0.2, -0.15) is 0 Å². The average Bonchev–Trinajstić information content (AvgIpc) is 2.35. The molecule has 0 spiro atoms. The third-order valence-electron chi connectivity index (χ3n) is 2.97. The van der Waals surface area contributed by atoms with E-state index in [1.54, 1.807) is 6.92 Å². The molecule has 4 heteroatoms. The quantitative estimate of drug-likeness (QED) is 0.733. The molecule has 0 aromatic heterocycles. The number of carbonyl (C=O) groups is 1. The van der Waals surface area contributed by atoms with Gasteiger partial charge in [0.15, 0.2) is 0 Å². The molecule has 0 bridgehead atoms. The van der Waals surface area contributed by atoms with E-state index in [1.165, 1.54) is 0 Å². The number of rotatable bonds is 3. The maximum atomic E-state index is 12.0. The number of para-hydroxylation sites is 1. The molecule has 1 amide bonds. The minimum absolute atomic E-state index is 0.000139. The van der Waals surface area contributed by atoms with Crippen molar-refractivity contribution in [2.45, 2.75) is 25.4 Å². The number of hydrogen-bond acceptors (Lipinski definition) is 3. The summed E-state index contributed by atoms with van der Waals surface area (Å²) in [6.07, 6.45) is 0.291. The van der Waals surface area contributed by atoms with Crippen molar-refractivity contribution in [3.8, 4) is 0 Å². The first kappa shape index (κ1) is 11.9. The summed E-state index contributed by atoms with van der Waals surface area (Å²) < 4.78 is 0. The molecular weight excluding hydrogens is 216 g/mol. The van der Waals surface area contributed by atoms with E-state index in [4.69, 9.17) is 5.11 Å². The molecule has 92 valence electrons. The second-order valence-electron chi connectivity index (χ2n) is 4.45. The molecule has 2 rings (SSSR count). The normalized spacial score (nSPS) is 20.0. The fourth-order valence-corrected chi connectivity index (χ4v) is 2.11. The lowest BCUT2D eigenvalue weighted by atomic mass is 9.90. The number of amides is 1. The lowest BCUT2D eigenvalue weighted by Gasteiger charge is -2.26. The fraction of sp³-hybridized carbons (Fsp3) is 0.462. The number of hydrogen-bond donors (Lipinski definition) is 3. The predicted octanol–water partition coefficient (Wildman–Crippen LogP) is 1.08. The summed E-state index contributed by atoms with van der Waals surface area (Å²) in [5.41, 5.74) is 2.08. The lowest BCUT2D eigenvalue weighted by molar-refractivity contribution is -0.123. The van der Waals surface area contributed by atoms with Gasteiger partial charge in [0, 0.05) is 18.8 Å². The average molecular weight is 234 g/mol. The summed E-state index contributed by atoms with van der Waals surface area (Å²) in [6.45, 7) is 2.78. The van der Waals surface area contributed by atoms with E-state index < -0.39 is 6.10 Å². The smallest absolute Gasteiger partial charge is 0.227 e. The zero-order valence-corrected chi connectivity index (χ0v) is 9.94. The third-order valence-corrected chi connectivity index (χ3v) is 2.97. The van der Waals surface area contributed by atoms with Crippen LogP contribution in [0, 0.1) is 0 Å². The molecule has 0 saturated heterocycles. The summed E-state index contributed by atoms with van der Waals surface area (Å²) in [7, 11) is 0. The zero-order chi connectivity index (χ0) is 12.3. The van der Waals surface area contributed by atoms with Gasteiger partial charge in [-0.05, 0) is 25.0 Å². The number of aliphatic hydroxyl groups excluding tert-OH is 1. The molecule has 1 heterocycles. The Kier molecular flexibility index (Phi) is 3.64. The van der Waals surface area contributed by atoms with Crippen molar-refractivity contribution >= 4 is 11.6 Å². The number of anilines is 1. The van der Waals surface area contributed by atoms with Crippen LogP contribution in [0.4, 0.5) is 5.69 Å². The Morgan fingerprint density at radius 2 is 2.35 bits per heavy atom. The molecule has 2 unspecified atom stereocenters. The van der Waals surface area contributed by atoms with Crippen LogP contribution in [0.3, 0.4) is 0 Å². The number of aliphatic hydroxyl groups is 1. The van der Waals surface area contributed by atoms with Gasteiger partial charge in [-0.15, -0.1) is 0 Å². The van der Waals surface area contributed by atoms with E-state index in [0.29, 0.717) is 6.54 Å². The van der Waals surface area contributed by atoms with Gasteiger partial charge < -0.3 is 15.7 Å². The SMILES string of the molecule is CC(O)CNC(=O)C1CCNc2ccccc21. The Morgan fingerprint density at radius 3 is 3.12 bits per heavy atom. The molecule has 1 aromatic carbocycles. The summed E-state index contributed by atoms with van der Waals surface area (Å²) in [6, 6.07) is 7.88. The maximum absolute atomic E-state index is 12.0. The van der Waals surface area contributed by atoms with Gasteiger partial charge in [0.05, 0.1) is 12.0 Å². The number of carbonyl (C=O) groups excluding carboxylic acids is 1. The molecule has 0 radical (unpaired) electrons. The fourth-order valence-electron chi connectivity index (χ4n) is 2.11. The van der Waals surface area contributed by atoms with Crippen molar-refractivity contribution in [1.29, 1.82) is 0 Å². The van der Waals surface area contributed by atoms with Crippen LogP contribution in [0.15, 0.2) is 24.3 Å². The van der Waals surface area contributed by atoms with Gasteiger partial charge in [-0.25, -0.2) is 0 Å². The molecule has 0 fully saturated rings. The molecule has 0 aliphatic carbocycles. The van der Waals surface area contributed by atoms with E-state index in [0.717, 1.165) is 24.2 Å². The van der Waals surface area contributed by atoms with Gasteiger partial charge in [0.25, 0.3) is 0 Å². The van der Waals surface area contributed by atoms with Crippen LogP contribution in [0.25, 0.3) is 0 Å². The molecule has 3 N–H and O–H groups in total. The summed E-state index contributed by atoms with van der Waals surface area (Å²) in [5, 5.41) is 15.2. The summed E-state index contributed by atoms with van der Waals surface area (Å²) in [5.74, 6) is -0.106. The molecule has 2 atom stereocenters. The second-order valence-corrected chi connectivity index (χ2v) is 4.45. The largest absolute Gasteiger partial charge is 0.392 e. The monoisotopic (exact) mass is 234 g/mol.